The third-order valence-electron chi connectivity index (χ3n) is 4.37. The number of esters is 1. The Hall–Kier alpha value is -3.74. The number of carbonyl (C=O) groups excluding carboxylic acids is 2. The van der Waals surface area contributed by atoms with Gasteiger partial charge < -0.3 is 15.4 Å². The fourth-order valence-corrected chi connectivity index (χ4v) is 3.06. The molecule has 1 aromatic heterocycles. The zero-order chi connectivity index (χ0) is 21.0. The number of rotatable bonds is 5. The second-order valence-electron chi connectivity index (χ2n) is 6.73. The van der Waals surface area contributed by atoms with E-state index in [0.717, 1.165) is 22.4 Å². The van der Waals surface area contributed by atoms with Crippen LogP contribution in [-0.4, -0.2) is 29.2 Å². The van der Waals surface area contributed by atoms with Gasteiger partial charge in [0.2, 0.25) is 0 Å². The van der Waals surface area contributed by atoms with Crippen LogP contribution in [0.2, 0.25) is 0 Å². The van der Waals surface area contributed by atoms with E-state index >= 15 is 0 Å². The Morgan fingerprint density at radius 3 is 2.28 bits per heavy atom. The van der Waals surface area contributed by atoms with Gasteiger partial charge in [-0.15, -0.1) is 10.2 Å². The van der Waals surface area contributed by atoms with Crippen LogP contribution in [0.5, 0.6) is 0 Å². The van der Waals surface area contributed by atoms with Gasteiger partial charge in [0.1, 0.15) is 0 Å². The first-order chi connectivity index (χ1) is 13.9. The van der Waals surface area contributed by atoms with Crippen molar-refractivity contribution in [1.29, 1.82) is 0 Å². The van der Waals surface area contributed by atoms with Crippen LogP contribution in [-0.2, 0) is 4.74 Å². The lowest BCUT2D eigenvalue weighted by Crippen LogP contribution is -2.16. The number of amides is 1. The smallest absolute Gasteiger partial charge is 0.337 e. The third kappa shape index (κ3) is 4.76. The Kier molecular flexibility index (Phi) is 5.87. The molecule has 7 nitrogen and oxygen atoms in total. The molecule has 0 unspecified atom stereocenters. The molecule has 148 valence electrons. The summed E-state index contributed by atoms with van der Waals surface area (Å²) < 4.78 is 4.72. The quantitative estimate of drug-likeness (QED) is 0.635. The fourth-order valence-electron chi connectivity index (χ4n) is 3.06. The van der Waals surface area contributed by atoms with E-state index < -0.39 is 5.97 Å². The Labute approximate surface area is 169 Å². The normalized spacial score (nSPS) is 10.3. The number of aryl methyl sites for hydroxylation is 3. The van der Waals surface area contributed by atoms with E-state index in [0.29, 0.717) is 17.1 Å². The minimum absolute atomic E-state index is 0.207. The minimum atomic E-state index is -0.423. The van der Waals surface area contributed by atoms with E-state index in [1.165, 1.54) is 7.11 Å². The summed E-state index contributed by atoms with van der Waals surface area (Å²) in [6.07, 6.45) is 0. The van der Waals surface area contributed by atoms with Crippen LogP contribution in [0.15, 0.2) is 48.5 Å². The Morgan fingerprint density at radius 1 is 0.931 bits per heavy atom. The van der Waals surface area contributed by atoms with Crippen molar-refractivity contribution >= 4 is 29.1 Å². The molecule has 0 aliphatic rings. The van der Waals surface area contributed by atoms with E-state index in [-0.39, 0.29) is 11.6 Å². The largest absolute Gasteiger partial charge is 0.465 e. The summed E-state index contributed by atoms with van der Waals surface area (Å²) in [6.45, 7) is 5.93. The van der Waals surface area contributed by atoms with Crippen LogP contribution < -0.4 is 10.6 Å². The number of hydrogen-bond acceptors (Lipinski definition) is 6. The maximum absolute atomic E-state index is 12.5. The van der Waals surface area contributed by atoms with Crippen LogP contribution in [0.25, 0.3) is 0 Å². The highest BCUT2D eigenvalue weighted by molar-refractivity contribution is 6.03. The molecular formula is C22H22N4O3. The molecule has 0 aliphatic carbocycles. The molecule has 7 heteroatoms. The van der Waals surface area contributed by atoms with Crippen molar-refractivity contribution < 1.29 is 14.3 Å². The van der Waals surface area contributed by atoms with E-state index in [2.05, 4.69) is 20.8 Å². The number of benzene rings is 2. The number of methoxy groups -OCH3 is 1. The topological polar surface area (TPSA) is 93.2 Å². The van der Waals surface area contributed by atoms with Crippen LogP contribution in [0.1, 0.15) is 37.5 Å². The van der Waals surface area contributed by atoms with Gasteiger partial charge >= 0.3 is 5.97 Å². The third-order valence-corrected chi connectivity index (χ3v) is 4.37. The zero-order valence-electron chi connectivity index (χ0n) is 16.7. The van der Waals surface area contributed by atoms with Crippen LogP contribution in [0.4, 0.5) is 17.2 Å². The molecule has 29 heavy (non-hydrogen) atoms. The summed E-state index contributed by atoms with van der Waals surface area (Å²) in [5, 5.41) is 14.0. The fraction of sp³-hybridized carbons (Fsp3) is 0.182. The molecule has 0 atom stereocenters. The zero-order valence-corrected chi connectivity index (χ0v) is 16.7. The number of nitrogens with one attached hydrogen (secondary N) is 2. The number of nitrogens with zero attached hydrogens (tertiary/aromatic N) is 2. The first kappa shape index (κ1) is 20.0. The number of aromatic nitrogens is 2. The van der Waals surface area contributed by atoms with Crippen molar-refractivity contribution in [2.45, 2.75) is 20.8 Å². The van der Waals surface area contributed by atoms with Gasteiger partial charge in [-0.05, 0) is 62.2 Å². The summed E-state index contributed by atoms with van der Waals surface area (Å²) >= 11 is 0. The highest BCUT2D eigenvalue weighted by atomic mass is 16.5. The molecule has 0 aliphatic heterocycles. The predicted molar refractivity (Wildman–Crippen MR) is 112 cm³/mol. The lowest BCUT2D eigenvalue weighted by Gasteiger charge is -2.12. The van der Waals surface area contributed by atoms with Gasteiger partial charge in [0.25, 0.3) is 5.91 Å². The molecule has 0 fully saturated rings. The molecule has 0 spiro atoms. The molecule has 1 heterocycles. The average molecular weight is 390 g/mol. The Balaban J connectivity index is 1.72. The van der Waals surface area contributed by atoms with Crippen molar-refractivity contribution in [3.05, 3.63) is 76.5 Å². The maximum atomic E-state index is 12.5. The molecule has 0 radical (unpaired) electrons. The van der Waals surface area contributed by atoms with Gasteiger partial charge in [0.05, 0.1) is 12.7 Å². The number of hydrogen-bond donors (Lipinski definition) is 2. The Bertz CT molecular complexity index is 1040. The monoisotopic (exact) mass is 390 g/mol. The van der Waals surface area contributed by atoms with E-state index in [1.54, 1.807) is 36.4 Å². The summed E-state index contributed by atoms with van der Waals surface area (Å²) in [5.74, 6) is -0.300. The van der Waals surface area contributed by atoms with Crippen molar-refractivity contribution in [3.8, 4) is 0 Å². The van der Waals surface area contributed by atoms with E-state index in [4.69, 9.17) is 4.74 Å². The second-order valence-corrected chi connectivity index (χ2v) is 6.73. The molecule has 0 saturated carbocycles. The summed E-state index contributed by atoms with van der Waals surface area (Å²) in [7, 11) is 1.33. The lowest BCUT2D eigenvalue weighted by atomic mass is 10.1. The SMILES string of the molecule is COC(=O)c1cccc(Nc2ccc(C(=O)Nc3c(C)cc(C)cc3C)nn2)c1. The predicted octanol–water partition coefficient (Wildman–Crippen LogP) is 4.18. The van der Waals surface area contributed by atoms with Gasteiger partial charge in [0, 0.05) is 11.4 Å². The van der Waals surface area contributed by atoms with Crippen molar-refractivity contribution in [2.75, 3.05) is 17.7 Å². The molecule has 3 rings (SSSR count). The molecular weight excluding hydrogens is 368 g/mol. The van der Waals surface area contributed by atoms with Gasteiger partial charge in [-0.25, -0.2) is 4.79 Å². The van der Waals surface area contributed by atoms with Crippen LogP contribution in [0, 0.1) is 20.8 Å². The van der Waals surface area contributed by atoms with E-state index in [1.807, 2.05) is 32.9 Å². The van der Waals surface area contributed by atoms with Crippen LogP contribution >= 0.6 is 0 Å². The average Bonchev–Trinajstić information content (AvgIpc) is 2.70. The molecule has 2 N–H and O–H groups in total. The molecule has 3 aromatic rings. The standard InChI is InChI=1S/C22H22N4O3/c1-13-10-14(2)20(15(3)11-13)24-21(27)18-8-9-19(26-25-18)23-17-7-5-6-16(12-17)22(28)29-4/h5-12H,1-4H3,(H,23,26)(H,24,27). The van der Waals surface area contributed by atoms with Gasteiger partial charge in [0.15, 0.2) is 11.5 Å². The summed E-state index contributed by atoms with van der Waals surface area (Å²) in [5.41, 5.74) is 5.20. The Morgan fingerprint density at radius 2 is 1.66 bits per heavy atom. The highest BCUT2D eigenvalue weighted by Gasteiger charge is 2.13. The molecule has 0 bridgehead atoms. The first-order valence-corrected chi connectivity index (χ1v) is 9.05. The van der Waals surface area contributed by atoms with Gasteiger partial charge in [-0.1, -0.05) is 23.8 Å². The lowest BCUT2D eigenvalue weighted by molar-refractivity contribution is 0.0600. The number of anilines is 3. The summed E-state index contributed by atoms with van der Waals surface area (Å²) in [6, 6.07) is 14.1. The minimum Gasteiger partial charge on any atom is -0.465 e. The second kappa shape index (κ2) is 8.52. The maximum Gasteiger partial charge on any atom is 0.337 e. The van der Waals surface area contributed by atoms with Crippen molar-refractivity contribution in [3.63, 3.8) is 0 Å². The molecule has 1 amide bonds. The van der Waals surface area contributed by atoms with Crippen molar-refractivity contribution in [2.24, 2.45) is 0 Å². The van der Waals surface area contributed by atoms with E-state index in [9.17, 15) is 9.59 Å². The van der Waals surface area contributed by atoms with Crippen molar-refractivity contribution in [1.82, 2.24) is 10.2 Å². The van der Waals surface area contributed by atoms with Gasteiger partial charge in [-0.3, -0.25) is 4.79 Å². The summed E-state index contributed by atoms with van der Waals surface area (Å²) in [4.78, 5) is 24.2. The number of carbonyl (C=O) groups is 2. The molecule has 2 aromatic carbocycles. The highest BCUT2D eigenvalue weighted by Crippen LogP contribution is 2.22. The number of ether oxygens (including phenoxy) is 1. The first-order valence-electron chi connectivity index (χ1n) is 9.05. The molecule has 0 saturated heterocycles. The van der Waals surface area contributed by atoms with Gasteiger partial charge in [-0.2, -0.15) is 0 Å². The van der Waals surface area contributed by atoms with Crippen LogP contribution in [0.3, 0.4) is 0 Å².